The number of nitrogens with zero attached hydrogens (tertiary/aromatic N) is 1. The highest BCUT2D eigenvalue weighted by atomic mass is 32.2. The van der Waals surface area contributed by atoms with E-state index in [1.807, 2.05) is 37.3 Å². The van der Waals surface area contributed by atoms with Crippen LogP contribution in [0, 0.1) is 17.0 Å². The molecule has 0 aliphatic carbocycles. The maximum Gasteiger partial charge on any atom is 0.297 e. The van der Waals surface area contributed by atoms with Gasteiger partial charge in [-0.2, -0.15) is 0 Å². The number of hydrogen-bond donors (Lipinski definition) is 1. The lowest BCUT2D eigenvalue weighted by atomic mass is 10.2. The Labute approximate surface area is 162 Å². The number of nitrogens with one attached hydrogen (secondary N) is 1. The summed E-state index contributed by atoms with van der Waals surface area (Å²) >= 11 is 0. The van der Waals surface area contributed by atoms with Gasteiger partial charge >= 0.3 is 0 Å². The molecule has 0 radical (unpaired) electrons. The van der Waals surface area contributed by atoms with Gasteiger partial charge in [-0.05, 0) is 36.8 Å². The lowest BCUT2D eigenvalue weighted by Gasteiger charge is -2.11. The molecule has 3 aromatic rings. The van der Waals surface area contributed by atoms with Crippen molar-refractivity contribution in [3.63, 3.8) is 0 Å². The molecule has 0 amide bonds. The minimum atomic E-state index is -3.95. The lowest BCUT2D eigenvalue weighted by molar-refractivity contribution is -0.384. The maximum atomic E-state index is 12.5. The molecule has 0 bridgehead atoms. The molecule has 0 fully saturated rings. The molecule has 0 saturated carbocycles. The van der Waals surface area contributed by atoms with E-state index >= 15 is 0 Å². The molecule has 28 heavy (non-hydrogen) atoms. The van der Waals surface area contributed by atoms with Gasteiger partial charge in [0, 0.05) is 0 Å². The fourth-order valence-corrected chi connectivity index (χ4v) is 3.57. The number of nitro benzene ring substituents is 1. The van der Waals surface area contributed by atoms with Gasteiger partial charge in [0.1, 0.15) is 18.0 Å². The summed E-state index contributed by atoms with van der Waals surface area (Å²) in [7, 11) is -3.95. The van der Waals surface area contributed by atoms with Gasteiger partial charge in [-0.3, -0.25) is 14.8 Å². The summed E-state index contributed by atoms with van der Waals surface area (Å²) in [5, 5.41) is 11.4. The summed E-state index contributed by atoms with van der Waals surface area (Å²) in [4.78, 5) is 10.8. The molecule has 0 heterocycles. The topological polar surface area (TPSA) is 98.5 Å². The Balaban J connectivity index is 1.83. The van der Waals surface area contributed by atoms with Gasteiger partial charge in [0.2, 0.25) is 0 Å². The highest BCUT2D eigenvalue weighted by Gasteiger charge is 2.21. The number of ether oxygens (including phenoxy) is 1. The van der Waals surface area contributed by atoms with Crippen LogP contribution in [0.15, 0.2) is 77.7 Å². The van der Waals surface area contributed by atoms with Crippen LogP contribution in [0.3, 0.4) is 0 Å². The van der Waals surface area contributed by atoms with Gasteiger partial charge in [-0.1, -0.05) is 48.0 Å². The van der Waals surface area contributed by atoms with Crippen LogP contribution in [0.25, 0.3) is 0 Å². The molecule has 3 rings (SSSR count). The van der Waals surface area contributed by atoms with Crippen molar-refractivity contribution in [3.8, 4) is 5.75 Å². The van der Waals surface area contributed by atoms with Gasteiger partial charge in [0.15, 0.2) is 0 Å². The van der Waals surface area contributed by atoms with Gasteiger partial charge in [0.25, 0.3) is 15.7 Å². The molecule has 0 spiro atoms. The molecule has 3 aromatic carbocycles. The lowest BCUT2D eigenvalue weighted by Crippen LogP contribution is -2.14. The number of anilines is 1. The fourth-order valence-electron chi connectivity index (χ4n) is 2.50. The Bertz CT molecular complexity index is 1080. The number of aryl methyl sites for hydroxylation is 1. The van der Waals surface area contributed by atoms with Gasteiger partial charge in [-0.15, -0.1) is 0 Å². The first-order chi connectivity index (χ1) is 13.3. The minimum Gasteiger partial charge on any atom is -0.489 e. The third kappa shape index (κ3) is 4.66. The van der Waals surface area contributed by atoms with E-state index in [0.717, 1.165) is 11.1 Å². The van der Waals surface area contributed by atoms with Crippen molar-refractivity contribution >= 4 is 21.4 Å². The van der Waals surface area contributed by atoms with E-state index in [0.29, 0.717) is 0 Å². The van der Waals surface area contributed by atoms with E-state index in [2.05, 4.69) is 4.72 Å². The predicted octanol–water partition coefficient (Wildman–Crippen LogP) is 4.28. The summed E-state index contributed by atoms with van der Waals surface area (Å²) in [6.45, 7) is 2.08. The zero-order valence-corrected chi connectivity index (χ0v) is 15.8. The number of rotatable bonds is 7. The van der Waals surface area contributed by atoms with E-state index in [4.69, 9.17) is 4.74 Å². The second-order valence-corrected chi connectivity index (χ2v) is 7.81. The Kier molecular flexibility index (Phi) is 5.60. The highest BCUT2D eigenvalue weighted by molar-refractivity contribution is 7.92. The van der Waals surface area contributed by atoms with Crippen molar-refractivity contribution in [1.29, 1.82) is 0 Å². The van der Waals surface area contributed by atoms with Gasteiger partial charge < -0.3 is 4.74 Å². The Morgan fingerprint density at radius 1 is 1.00 bits per heavy atom. The van der Waals surface area contributed by atoms with Crippen molar-refractivity contribution in [2.75, 3.05) is 4.72 Å². The normalized spacial score (nSPS) is 11.0. The zero-order valence-electron chi connectivity index (χ0n) is 15.0. The van der Waals surface area contributed by atoms with Crippen molar-refractivity contribution < 1.29 is 18.1 Å². The molecule has 144 valence electrons. The fraction of sp³-hybridized carbons (Fsp3) is 0.100. The second-order valence-electron chi connectivity index (χ2n) is 6.13. The summed E-state index contributed by atoms with van der Waals surface area (Å²) < 4.78 is 32.9. The van der Waals surface area contributed by atoms with E-state index < -0.39 is 14.9 Å². The smallest absolute Gasteiger partial charge is 0.297 e. The van der Waals surface area contributed by atoms with Crippen LogP contribution in [0.5, 0.6) is 5.75 Å². The van der Waals surface area contributed by atoms with Crippen molar-refractivity contribution in [2.24, 2.45) is 0 Å². The monoisotopic (exact) mass is 398 g/mol. The molecule has 7 nitrogen and oxygen atoms in total. The zero-order chi connectivity index (χ0) is 20.1. The largest absolute Gasteiger partial charge is 0.489 e. The average molecular weight is 398 g/mol. The van der Waals surface area contributed by atoms with Crippen LogP contribution < -0.4 is 9.46 Å². The number of benzene rings is 3. The van der Waals surface area contributed by atoms with E-state index in [-0.39, 0.29) is 28.6 Å². The van der Waals surface area contributed by atoms with Crippen LogP contribution in [0.1, 0.15) is 11.1 Å². The molecule has 8 heteroatoms. The van der Waals surface area contributed by atoms with Crippen molar-refractivity contribution in [2.45, 2.75) is 18.4 Å². The Morgan fingerprint density at radius 3 is 2.32 bits per heavy atom. The van der Waals surface area contributed by atoms with Crippen molar-refractivity contribution in [1.82, 2.24) is 0 Å². The third-order valence-electron chi connectivity index (χ3n) is 3.99. The van der Waals surface area contributed by atoms with Crippen LogP contribution in [0.4, 0.5) is 11.4 Å². The van der Waals surface area contributed by atoms with Crippen LogP contribution >= 0.6 is 0 Å². The van der Waals surface area contributed by atoms with E-state index in [9.17, 15) is 18.5 Å². The quantitative estimate of drug-likeness (QED) is 0.473. The third-order valence-corrected chi connectivity index (χ3v) is 5.37. The minimum absolute atomic E-state index is 0.0248. The van der Waals surface area contributed by atoms with Crippen molar-refractivity contribution in [3.05, 3.63) is 94.0 Å². The molecular weight excluding hydrogens is 380 g/mol. The molecule has 0 aromatic heterocycles. The molecule has 0 aliphatic heterocycles. The molecule has 0 aliphatic rings. The van der Waals surface area contributed by atoms with E-state index in [1.165, 1.54) is 30.3 Å². The Hall–Kier alpha value is -3.39. The Morgan fingerprint density at radius 2 is 1.68 bits per heavy atom. The summed E-state index contributed by atoms with van der Waals surface area (Å²) in [6, 6.07) is 19.6. The number of sulfonamides is 1. The predicted molar refractivity (Wildman–Crippen MR) is 106 cm³/mol. The average Bonchev–Trinajstić information content (AvgIpc) is 2.68. The number of nitro groups is 1. The van der Waals surface area contributed by atoms with Crippen LogP contribution in [-0.2, 0) is 16.6 Å². The summed E-state index contributed by atoms with van der Waals surface area (Å²) in [5.41, 5.74) is 1.30. The molecule has 0 saturated heterocycles. The standard InChI is InChI=1S/C20H18N2O5S/c1-15-7-10-18(11-8-15)28(25,26)21-19-12-9-17(13-20(19)22(23)24)27-14-16-5-3-2-4-6-16/h2-13,21H,14H2,1H3. The SMILES string of the molecule is Cc1ccc(S(=O)(=O)Nc2ccc(OCc3ccccc3)cc2[N+](=O)[O-])cc1. The highest BCUT2D eigenvalue weighted by Crippen LogP contribution is 2.31. The van der Waals surface area contributed by atoms with Gasteiger partial charge in [0.05, 0.1) is 15.9 Å². The van der Waals surface area contributed by atoms with E-state index in [1.54, 1.807) is 12.1 Å². The summed E-state index contributed by atoms with van der Waals surface area (Å²) in [5.74, 6) is 0.272. The molecular formula is C20H18N2O5S. The summed E-state index contributed by atoms with van der Waals surface area (Å²) in [6.07, 6.45) is 0. The van der Waals surface area contributed by atoms with Gasteiger partial charge in [-0.25, -0.2) is 8.42 Å². The molecule has 1 N–H and O–H groups in total. The maximum absolute atomic E-state index is 12.5. The first-order valence-electron chi connectivity index (χ1n) is 8.40. The van der Waals surface area contributed by atoms with Crippen LogP contribution in [0.2, 0.25) is 0 Å². The molecule has 0 unspecified atom stereocenters. The number of hydrogen-bond acceptors (Lipinski definition) is 5. The second kappa shape index (κ2) is 8.10. The van der Waals surface area contributed by atoms with Crippen LogP contribution in [-0.4, -0.2) is 13.3 Å². The first-order valence-corrected chi connectivity index (χ1v) is 9.88. The first kappa shape index (κ1) is 19.4. The molecule has 0 atom stereocenters.